The highest BCUT2D eigenvalue weighted by molar-refractivity contribution is 5.90. The maximum Gasteiger partial charge on any atom is 0.341 e. The molecule has 1 saturated carbocycles. The van der Waals surface area contributed by atoms with Crippen LogP contribution in [0.5, 0.6) is 5.75 Å². The summed E-state index contributed by atoms with van der Waals surface area (Å²) >= 11 is 0. The van der Waals surface area contributed by atoms with E-state index in [0.29, 0.717) is 18.3 Å². The largest absolute Gasteiger partial charge is 0.492 e. The molecular formula is C13H17NO3. The van der Waals surface area contributed by atoms with Gasteiger partial charge in [0.1, 0.15) is 11.3 Å². The molecule has 1 aromatic heterocycles. The Morgan fingerprint density at radius 2 is 2.24 bits per heavy atom. The maximum absolute atomic E-state index is 11.0. The molecule has 1 fully saturated rings. The fourth-order valence-corrected chi connectivity index (χ4v) is 2.20. The summed E-state index contributed by atoms with van der Waals surface area (Å²) in [6.45, 7) is 2.44. The van der Waals surface area contributed by atoms with E-state index >= 15 is 0 Å². The van der Waals surface area contributed by atoms with E-state index in [1.807, 2.05) is 6.92 Å². The summed E-state index contributed by atoms with van der Waals surface area (Å²) in [5, 5.41) is 9.03. The Balaban J connectivity index is 2.07. The number of carboxylic acid groups (broad SMARTS) is 1. The summed E-state index contributed by atoms with van der Waals surface area (Å²) in [7, 11) is 0. The first-order valence-electron chi connectivity index (χ1n) is 5.99. The zero-order valence-corrected chi connectivity index (χ0v) is 9.98. The molecule has 1 aromatic rings. The van der Waals surface area contributed by atoms with E-state index in [1.54, 1.807) is 6.07 Å². The van der Waals surface area contributed by atoms with Crippen LogP contribution in [0.2, 0.25) is 0 Å². The average Bonchev–Trinajstić information content (AvgIpc) is 2.78. The zero-order valence-electron chi connectivity index (χ0n) is 9.98. The second-order valence-corrected chi connectivity index (χ2v) is 4.59. The number of carbonyl (C=O) groups is 1. The van der Waals surface area contributed by atoms with Crippen molar-refractivity contribution in [3.8, 4) is 5.75 Å². The normalized spacial score (nSPS) is 16.1. The van der Waals surface area contributed by atoms with E-state index in [2.05, 4.69) is 4.98 Å². The van der Waals surface area contributed by atoms with Crippen LogP contribution in [0.4, 0.5) is 0 Å². The number of nitrogens with zero attached hydrogens (tertiary/aromatic N) is 1. The second kappa shape index (κ2) is 5.17. The van der Waals surface area contributed by atoms with Gasteiger partial charge in [-0.3, -0.25) is 4.98 Å². The van der Waals surface area contributed by atoms with Crippen molar-refractivity contribution in [2.75, 3.05) is 6.61 Å². The average molecular weight is 235 g/mol. The number of rotatable bonds is 4. The van der Waals surface area contributed by atoms with Crippen LogP contribution in [0.3, 0.4) is 0 Å². The molecule has 17 heavy (non-hydrogen) atoms. The Morgan fingerprint density at radius 3 is 2.88 bits per heavy atom. The summed E-state index contributed by atoms with van der Waals surface area (Å²) in [5.74, 6) is 0.0286. The summed E-state index contributed by atoms with van der Waals surface area (Å²) < 4.78 is 5.64. The standard InChI is InChI=1S/C13H17NO3/c1-9-6-12(11(7-14-9)13(15)16)17-8-10-4-2-3-5-10/h6-7,10H,2-5,8H2,1H3,(H,15,16). The minimum atomic E-state index is -0.987. The minimum absolute atomic E-state index is 0.147. The van der Waals surface area contributed by atoms with Gasteiger partial charge in [0.25, 0.3) is 0 Å². The number of pyridine rings is 1. The van der Waals surface area contributed by atoms with Crippen LogP contribution in [0.1, 0.15) is 41.7 Å². The predicted molar refractivity (Wildman–Crippen MR) is 63.4 cm³/mol. The molecule has 0 saturated heterocycles. The van der Waals surface area contributed by atoms with Gasteiger partial charge in [0, 0.05) is 18.0 Å². The van der Waals surface area contributed by atoms with Gasteiger partial charge in [0.05, 0.1) is 6.61 Å². The summed E-state index contributed by atoms with van der Waals surface area (Å²) in [4.78, 5) is 15.0. The molecule has 0 bridgehead atoms. The lowest BCUT2D eigenvalue weighted by Crippen LogP contribution is -2.11. The first-order valence-corrected chi connectivity index (χ1v) is 5.99. The molecule has 92 valence electrons. The van der Waals surface area contributed by atoms with Gasteiger partial charge in [-0.1, -0.05) is 12.8 Å². The molecular weight excluding hydrogens is 218 g/mol. The van der Waals surface area contributed by atoms with Crippen LogP contribution < -0.4 is 4.74 Å². The third kappa shape index (κ3) is 2.96. The van der Waals surface area contributed by atoms with Gasteiger partial charge < -0.3 is 9.84 Å². The third-order valence-electron chi connectivity index (χ3n) is 3.18. The van der Waals surface area contributed by atoms with Gasteiger partial charge in [-0.2, -0.15) is 0 Å². The van der Waals surface area contributed by atoms with Crippen molar-refractivity contribution >= 4 is 5.97 Å². The molecule has 1 N–H and O–H groups in total. The SMILES string of the molecule is Cc1cc(OCC2CCCC2)c(C(=O)O)cn1. The number of hydrogen-bond donors (Lipinski definition) is 1. The van der Waals surface area contributed by atoms with Crippen LogP contribution in [0.15, 0.2) is 12.3 Å². The van der Waals surface area contributed by atoms with Gasteiger partial charge in [0.15, 0.2) is 0 Å². The first kappa shape index (κ1) is 11.9. The number of hydrogen-bond acceptors (Lipinski definition) is 3. The van der Waals surface area contributed by atoms with Gasteiger partial charge in [-0.25, -0.2) is 4.79 Å². The Labute approximate surface area is 101 Å². The molecule has 4 nitrogen and oxygen atoms in total. The van der Waals surface area contributed by atoms with Crippen LogP contribution >= 0.6 is 0 Å². The molecule has 0 aliphatic heterocycles. The molecule has 0 spiro atoms. The molecule has 0 aromatic carbocycles. The summed E-state index contributed by atoms with van der Waals surface area (Å²) in [5.41, 5.74) is 0.921. The highest BCUT2D eigenvalue weighted by Crippen LogP contribution is 2.26. The van der Waals surface area contributed by atoms with E-state index in [0.717, 1.165) is 5.69 Å². The van der Waals surface area contributed by atoms with Gasteiger partial charge in [0.2, 0.25) is 0 Å². The lowest BCUT2D eigenvalue weighted by Gasteiger charge is -2.13. The number of carboxylic acids is 1. The molecule has 0 unspecified atom stereocenters. The molecule has 1 heterocycles. The van der Waals surface area contributed by atoms with Crippen molar-refractivity contribution in [3.05, 3.63) is 23.5 Å². The Bertz CT molecular complexity index is 411. The number of aromatic carboxylic acids is 1. The van der Waals surface area contributed by atoms with Gasteiger partial charge >= 0.3 is 5.97 Å². The summed E-state index contributed by atoms with van der Waals surface area (Å²) in [6.07, 6.45) is 6.25. The van der Waals surface area contributed by atoms with E-state index in [9.17, 15) is 4.79 Å². The van der Waals surface area contributed by atoms with Crippen molar-refractivity contribution in [1.29, 1.82) is 0 Å². The van der Waals surface area contributed by atoms with Crippen LogP contribution in [-0.2, 0) is 0 Å². The smallest absolute Gasteiger partial charge is 0.341 e. The van der Waals surface area contributed by atoms with E-state index < -0.39 is 5.97 Å². The Hall–Kier alpha value is -1.58. The Kier molecular flexibility index (Phi) is 3.61. The predicted octanol–water partition coefficient (Wildman–Crippen LogP) is 2.66. The first-order chi connectivity index (χ1) is 8.16. The number of aryl methyl sites for hydroxylation is 1. The van der Waals surface area contributed by atoms with Crippen molar-refractivity contribution < 1.29 is 14.6 Å². The molecule has 1 aliphatic carbocycles. The van der Waals surface area contributed by atoms with Crippen LogP contribution in [0.25, 0.3) is 0 Å². The van der Waals surface area contributed by atoms with Crippen molar-refractivity contribution in [2.45, 2.75) is 32.6 Å². The fourth-order valence-electron chi connectivity index (χ4n) is 2.20. The molecule has 0 atom stereocenters. The number of aromatic nitrogens is 1. The van der Waals surface area contributed by atoms with E-state index in [4.69, 9.17) is 9.84 Å². The number of ether oxygens (including phenoxy) is 1. The highest BCUT2D eigenvalue weighted by Gasteiger charge is 2.18. The second-order valence-electron chi connectivity index (χ2n) is 4.59. The van der Waals surface area contributed by atoms with Gasteiger partial charge in [-0.05, 0) is 25.7 Å². The molecule has 2 rings (SSSR count). The topological polar surface area (TPSA) is 59.4 Å². The van der Waals surface area contributed by atoms with Crippen molar-refractivity contribution in [1.82, 2.24) is 4.98 Å². The van der Waals surface area contributed by atoms with Crippen LogP contribution in [-0.4, -0.2) is 22.7 Å². The van der Waals surface area contributed by atoms with Crippen molar-refractivity contribution in [2.24, 2.45) is 5.92 Å². The quantitative estimate of drug-likeness (QED) is 0.871. The van der Waals surface area contributed by atoms with Crippen LogP contribution in [0, 0.1) is 12.8 Å². The Morgan fingerprint density at radius 1 is 1.53 bits per heavy atom. The molecule has 0 amide bonds. The third-order valence-corrected chi connectivity index (χ3v) is 3.18. The highest BCUT2D eigenvalue weighted by atomic mass is 16.5. The summed E-state index contributed by atoms with van der Waals surface area (Å²) in [6, 6.07) is 1.69. The monoisotopic (exact) mass is 235 g/mol. The minimum Gasteiger partial charge on any atom is -0.492 e. The lowest BCUT2D eigenvalue weighted by atomic mass is 10.1. The maximum atomic E-state index is 11.0. The van der Waals surface area contributed by atoms with E-state index in [1.165, 1.54) is 31.9 Å². The van der Waals surface area contributed by atoms with E-state index in [-0.39, 0.29) is 5.56 Å². The fraction of sp³-hybridized carbons (Fsp3) is 0.538. The zero-order chi connectivity index (χ0) is 12.3. The van der Waals surface area contributed by atoms with Gasteiger partial charge in [-0.15, -0.1) is 0 Å². The molecule has 0 radical (unpaired) electrons. The van der Waals surface area contributed by atoms with Crippen molar-refractivity contribution in [3.63, 3.8) is 0 Å². The molecule has 4 heteroatoms. The lowest BCUT2D eigenvalue weighted by molar-refractivity contribution is 0.0690. The molecule has 1 aliphatic rings.